The van der Waals surface area contributed by atoms with Crippen LogP contribution in [0.4, 0.5) is 0 Å². The molecule has 5 rings (SSSR count). The highest BCUT2D eigenvalue weighted by Gasteiger charge is 2.46. The molecule has 9 N–H and O–H groups in total. The molecule has 0 spiro atoms. The Balaban J connectivity index is 1.54. The second kappa shape index (κ2) is 11.2. The minimum Gasteiger partial charge on any atom is -0.508 e. The summed E-state index contributed by atoms with van der Waals surface area (Å²) in [5.74, 6) is -7.30. The van der Waals surface area contributed by atoms with Crippen molar-refractivity contribution in [2.24, 2.45) is 5.92 Å². The first-order chi connectivity index (χ1) is 20.3. The molecule has 1 aliphatic heterocycles. The fourth-order valence-corrected chi connectivity index (χ4v) is 4.47. The number of phenols is 6. The number of fused-ring (bicyclic) bond motifs is 1. The average Bonchev–Trinajstić information content (AvgIpc) is 2.95. The molecular weight excluding hydrogens is 576 g/mol. The third-order valence-corrected chi connectivity index (χ3v) is 6.70. The standard InChI is InChI=1S/C28H24O15/c29-12-3-1-10(2-4-12)24-25(22(36)19-15(31)7-13(30)8-18(19)41-24)42-28-14(20(34)23(37)27(39)43-28)9-40-26(38)11-5-16(32)21(35)17(33)6-11/h1-8,14,20,23,27-35,37,39H,9H2/t14-,20-,23+,27+,28+/m1/s1. The number of aromatic hydroxyl groups is 6. The number of carbonyl (C=O) groups is 1. The van der Waals surface area contributed by atoms with Gasteiger partial charge in [-0.15, -0.1) is 0 Å². The summed E-state index contributed by atoms with van der Waals surface area (Å²) in [6.45, 7) is -0.774. The Morgan fingerprint density at radius 3 is 2.12 bits per heavy atom. The van der Waals surface area contributed by atoms with E-state index in [9.17, 15) is 55.5 Å². The molecule has 0 amide bonds. The number of hydrogen-bond donors (Lipinski definition) is 9. The van der Waals surface area contributed by atoms with Crippen molar-refractivity contribution in [3.05, 3.63) is 64.3 Å². The molecule has 1 aromatic heterocycles. The van der Waals surface area contributed by atoms with Gasteiger partial charge >= 0.3 is 5.97 Å². The zero-order chi connectivity index (χ0) is 31.2. The monoisotopic (exact) mass is 600 g/mol. The molecule has 0 radical (unpaired) electrons. The van der Waals surface area contributed by atoms with Crippen LogP contribution in [0.3, 0.4) is 0 Å². The van der Waals surface area contributed by atoms with E-state index in [0.717, 1.165) is 24.3 Å². The summed E-state index contributed by atoms with van der Waals surface area (Å²) < 4.78 is 22.0. The van der Waals surface area contributed by atoms with Gasteiger partial charge < -0.3 is 64.6 Å². The van der Waals surface area contributed by atoms with Gasteiger partial charge in [0.15, 0.2) is 29.3 Å². The number of carbonyl (C=O) groups excluding carboxylic acids is 1. The van der Waals surface area contributed by atoms with Crippen LogP contribution in [-0.2, 0) is 9.47 Å². The minimum atomic E-state index is -2.03. The van der Waals surface area contributed by atoms with E-state index in [1.165, 1.54) is 24.3 Å². The Hall–Kier alpha value is -5.22. The van der Waals surface area contributed by atoms with E-state index in [2.05, 4.69) is 0 Å². The SMILES string of the molecule is O=C(OC[C@H]1[C@@H](Oc2c(-c3ccc(O)cc3)oc3cc(O)cc(O)c3c2=O)O[C@H](O)[C@@H](O)[C@@H]1O)c1cc(O)c(O)c(O)c1. The van der Waals surface area contributed by atoms with Crippen molar-refractivity contribution in [3.8, 4) is 51.6 Å². The lowest BCUT2D eigenvalue weighted by Crippen LogP contribution is -2.57. The Morgan fingerprint density at radius 1 is 0.814 bits per heavy atom. The molecule has 226 valence electrons. The van der Waals surface area contributed by atoms with Gasteiger partial charge in [0.05, 0.1) is 17.6 Å². The summed E-state index contributed by atoms with van der Waals surface area (Å²) in [6.07, 6.45) is -7.62. The van der Waals surface area contributed by atoms with Crippen LogP contribution in [0.15, 0.2) is 57.7 Å². The van der Waals surface area contributed by atoms with Gasteiger partial charge in [0.25, 0.3) is 0 Å². The van der Waals surface area contributed by atoms with Crippen LogP contribution < -0.4 is 10.2 Å². The Bertz CT molecular complexity index is 1720. The number of rotatable bonds is 6. The van der Waals surface area contributed by atoms with Crippen molar-refractivity contribution >= 4 is 16.9 Å². The lowest BCUT2D eigenvalue weighted by Gasteiger charge is -2.40. The summed E-state index contributed by atoms with van der Waals surface area (Å²) in [7, 11) is 0. The maximum Gasteiger partial charge on any atom is 0.338 e. The van der Waals surface area contributed by atoms with E-state index in [1.54, 1.807) is 0 Å². The summed E-state index contributed by atoms with van der Waals surface area (Å²) in [4.78, 5) is 26.2. The third kappa shape index (κ3) is 5.52. The lowest BCUT2D eigenvalue weighted by atomic mass is 9.94. The van der Waals surface area contributed by atoms with Gasteiger partial charge in [-0.2, -0.15) is 0 Å². The molecule has 0 saturated carbocycles. The molecule has 3 aromatic carbocycles. The maximum absolute atomic E-state index is 13.6. The van der Waals surface area contributed by atoms with Crippen LogP contribution >= 0.6 is 0 Å². The fourth-order valence-electron chi connectivity index (χ4n) is 4.47. The molecule has 2 heterocycles. The number of hydrogen-bond acceptors (Lipinski definition) is 15. The summed E-state index contributed by atoms with van der Waals surface area (Å²) in [5.41, 5.74) is -1.46. The van der Waals surface area contributed by atoms with E-state index in [4.69, 9.17) is 18.6 Å². The Morgan fingerprint density at radius 2 is 1.47 bits per heavy atom. The first kappa shape index (κ1) is 29.3. The number of phenolic OH excluding ortho intramolecular Hbond substituents is 6. The number of benzene rings is 3. The van der Waals surface area contributed by atoms with E-state index in [0.29, 0.717) is 0 Å². The number of esters is 1. The second-order valence-electron chi connectivity index (χ2n) is 9.59. The molecule has 43 heavy (non-hydrogen) atoms. The smallest absolute Gasteiger partial charge is 0.338 e. The molecule has 4 aromatic rings. The maximum atomic E-state index is 13.6. The highest BCUT2D eigenvalue weighted by molar-refractivity contribution is 5.91. The molecule has 1 aliphatic rings. The van der Waals surface area contributed by atoms with Crippen molar-refractivity contribution in [3.63, 3.8) is 0 Å². The minimum absolute atomic E-state index is 0.127. The zero-order valence-corrected chi connectivity index (χ0v) is 21.7. The molecule has 15 heteroatoms. The summed E-state index contributed by atoms with van der Waals surface area (Å²) >= 11 is 0. The predicted molar refractivity (Wildman–Crippen MR) is 142 cm³/mol. The normalized spacial score (nSPS) is 21.9. The number of aliphatic hydroxyl groups is 3. The van der Waals surface area contributed by atoms with Crippen molar-refractivity contribution in [2.45, 2.75) is 24.8 Å². The third-order valence-electron chi connectivity index (χ3n) is 6.70. The Labute approximate surface area is 239 Å². The Kier molecular flexibility index (Phi) is 7.64. The van der Waals surface area contributed by atoms with Crippen molar-refractivity contribution < 1.29 is 69.4 Å². The van der Waals surface area contributed by atoms with Crippen LogP contribution in [0.1, 0.15) is 10.4 Å². The molecule has 0 bridgehead atoms. The first-order valence-corrected chi connectivity index (χ1v) is 12.5. The summed E-state index contributed by atoms with van der Waals surface area (Å²) in [5, 5.41) is 89.6. The highest BCUT2D eigenvalue weighted by Crippen LogP contribution is 2.39. The average molecular weight is 600 g/mol. The van der Waals surface area contributed by atoms with E-state index < -0.39 is 94.2 Å². The van der Waals surface area contributed by atoms with E-state index >= 15 is 0 Å². The summed E-state index contributed by atoms with van der Waals surface area (Å²) in [6, 6.07) is 8.78. The van der Waals surface area contributed by atoms with E-state index in [1.807, 2.05) is 0 Å². The fraction of sp³-hybridized carbons (Fsp3) is 0.214. The van der Waals surface area contributed by atoms with Crippen LogP contribution in [-0.4, -0.2) is 83.3 Å². The molecular formula is C28H24O15. The largest absolute Gasteiger partial charge is 0.508 e. The van der Waals surface area contributed by atoms with Gasteiger partial charge in [-0.25, -0.2) is 4.79 Å². The highest BCUT2D eigenvalue weighted by atomic mass is 16.7. The molecule has 5 atom stereocenters. The molecule has 0 unspecified atom stereocenters. The van der Waals surface area contributed by atoms with Crippen LogP contribution in [0, 0.1) is 5.92 Å². The number of ether oxygens (including phenoxy) is 3. The molecule has 15 nitrogen and oxygen atoms in total. The van der Waals surface area contributed by atoms with Gasteiger partial charge in [0, 0.05) is 17.7 Å². The first-order valence-electron chi connectivity index (χ1n) is 12.5. The van der Waals surface area contributed by atoms with Gasteiger partial charge in [0.1, 0.15) is 40.9 Å². The molecule has 1 fully saturated rings. The van der Waals surface area contributed by atoms with Gasteiger partial charge in [-0.3, -0.25) is 4.79 Å². The van der Waals surface area contributed by atoms with Crippen molar-refractivity contribution in [1.82, 2.24) is 0 Å². The predicted octanol–water partition coefficient (Wildman–Crippen LogP) is 0.942. The zero-order valence-electron chi connectivity index (χ0n) is 21.7. The van der Waals surface area contributed by atoms with Gasteiger partial charge in [-0.1, -0.05) is 0 Å². The van der Waals surface area contributed by atoms with Crippen LogP contribution in [0.2, 0.25) is 0 Å². The lowest BCUT2D eigenvalue weighted by molar-refractivity contribution is -0.312. The van der Waals surface area contributed by atoms with Crippen LogP contribution in [0.5, 0.6) is 40.2 Å². The van der Waals surface area contributed by atoms with Crippen molar-refractivity contribution in [1.29, 1.82) is 0 Å². The second-order valence-corrected chi connectivity index (χ2v) is 9.59. The topological polar surface area (TPSA) is 257 Å². The molecule has 0 aliphatic carbocycles. The quantitative estimate of drug-likeness (QED) is 0.110. The van der Waals surface area contributed by atoms with Crippen LogP contribution in [0.25, 0.3) is 22.3 Å². The van der Waals surface area contributed by atoms with Gasteiger partial charge in [0.2, 0.25) is 17.5 Å². The molecule has 1 saturated heterocycles. The van der Waals surface area contributed by atoms with Gasteiger partial charge in [-0.05, 0) is 36.4 Å². The van der Waals surface area contributed by atoms with E-state index in [-0.39, 0.29) is 22.7 Å². The van der Waals surface area contributed by atoms with Crippen molar-refractivity contribution in [2.75, 3.05) is 6.61 Å². The number of aliphatic hydroxyl groups excluding tert-OH is 3.